The number of aromatic nitrogens is 2. The lowest BCUT2D eigenvalue weighted by Gasteiger charge is -2.08. The summed E-state index contributed by atoms with van der Waals surface area (Å²) in [7, 11) is 0. The summed E-state index contributed by atoms with van der Waals surface area (Å²) >= 11 is 0. The van der Waals surface area contributed by atoms with Crippen LogP contribution in [0, 0.1) is 6.92 Å². The number of carbonyl (C=O) groups excluding carboxylic acids is 1. The van der Waals surface area contributed by atoms with Crippen LogP contribution in [-0.2, 0) is 18.0 Å². The fourth-order valence-electron chi connectivity index (χ4n) is 3.62. The zero-order chi connectivity index (χ0) is 22.8. The molecule has 0 bridgehead atoms. The van der Waals surface area contributed by atoms with Gasteiger partial charge in [-0.1, -0.05) is 42.5 Å². The lowest BCUT2D eigenvalue weighted by Crippen LogP contribution is -2.17. The van der Waals surface area contributed by atoms with Crippen molar-refractivity contribution in [3.05, 3.63) is 112 Å². The first kappa shape index (κ1) is 20.5. The van der Waals surface area contributed by atoms with Crippen LogP contribution in [0.2, 0.25) is 0 Å². The Labute approximate surface area is 188 Å². The Morgan fingerprint density at radius 1 is 1.00 bits per heavy atom. The van der Waals surface area contributed by atoms with Crippen molar-refractivity contribution < 1.29 is 18.7 Å². The van der Waals surface area contributed by atoms with Crippen LogP contribution in [0.4, 0.5) is 0 Å². The van der Waals surface area contributed by atoms with Crippen molar-refractivity contribution in [3.63, 3.8) is 0 Å². The number of benzene rings is 2. The SMILES string of the molecule is Cc1ccc2nc(COC(=O)c3oc4ccccc4c3COc3ccccc3)cc(=O)n2c1. The van der Waals surface area contributed by atoms with Gasteiger partial charge in [0, 0.05) is 17.6 Å². The maximum absolute atomic E-state index is 12.9. The Bertz CT molecular complexity index is 1520. The van der Waals surface area contributed by atoms with E-state index in [0.29, 0.717) is 28.2 Å². The van der Waals surface area contributed by atoms with Gasteiger partial charge in [-0.25, -0.2) is 9.78 Å². The lowest BCUT2D eigenvalue weighted by molar-refractivity contribution is 0.0430. The van der Waals surface area contributed by atoms with Gasteiger partial charge in [0.2, 0.25) is 5.76 Å². The molecule has 0 N–H and O–H groups in total. The number of esters is 1. The van der Waals surface area contributed by atoms with Crippen LogP contribution < -0.4 is 10.3 Å². The first-order chi connectivity index (χ1) is 16.1. The molecule has 0 fully saturated rings. The Morgan fingerprint density at radius 3 is 2.64 bits per heavy atom. The van der Waals surface area contributed by atoms with Gasteiger partial charge >= 0.3 is 5.97 Å². The zero-order valence-corrected chi connectivity index (χ0v) is 17.9. The monoisotopic (exact) mass is 440 g/mol. The Balaban J connectivity index is 1.40. The number of rotatable bonds is 6. The van der Waals surface area contributed by atoms with Gasteiger partial charge < -0.3 is 13.9 Å². The Kier molecular flexibility index (Phi) is 5.36. The second-order valence-corrected chi connectivity index (χ2v) is 7.60. The van der Waals surface area contributed by atoms with Gasteiger partial charge in [0.05, 0.1) is 11.3 Å². The van der Waals surface area contributed by atoms with E-state index in [9.17, 15) is 9.59 Å². The third-order valence-corrected chi connectivity index (χ3v) is 5.22. The molecule has 33 heavy (non-hydrogen) atoms. The lowest BCUT2D eigenvalue weighted by atomic mass is 10.1. The summed E-state index contributed by atoms with van der Waals surface area (Å²) in [5.41, 5.74) is 2.71. The molecule has 0 aliphatic heterocycles. The minimum atomic E-state index is -0.649. The highest BCUT2D eigenvalue weighted by Crippen LogP contribution is 2.28. The quantitative estimate of drug-likeness (QED) is 0.357. The van der Waals surface area contributed by atoms with E-state index in [1.165, 1.54) is 10.5 Å². The molecule has 0 radical (unpaired) electrons. The summed E-state index contributed by atoms with van der Waals surface area (Å²) in [5, 5.41) is 0.776. The third kappa shape index (κ3) is 4.21. The normalized spacial score (nSPS) is 11.1. The van der Waals surface area contributed by atoms with Gasteiger partial charge in [0.25, 0.3) is 5.56 Å². The molecule has 7 heteroatoms. The number of pyridine rings is 1. The average Bonchev–Trinajstić information content (AvgIpc) is 3.21. The summed E-state index contributed by atoms with van der Waals surface area (Å²) in [6.07, 6.45) is 1.72. The molecule has 0 unspecified atom stereocenters. The van der Waals surface area contributed by atoms with E-state index < -0.39 is 5.97 Å². The van der Waals surface area contributed by atoms with Crippen molar-refractivity contribution in [1.29, 1.82) is 0 Å². The molecular formula is C26H20N2O5. The van der Waals surface area contributed by atoms with E-state index in [1.54, 1.807) is 18.3 Å². The molecular weight excluding hydrogens is 420 g/mol. The van der Waals surface area contributed by atoms with Gasteiger partial charge in [-0.3, -0.25) is 9.20 Å². The minimum Gasteiger partial charge on any atom is -0.489 e. The Morgan fingerprint density at radius 2 is 1.79 bits per heavy atom. The summed E-state index contributed by atoms with van der Waals surface area (Å²) in [4.78, 5) is 29.8. The molecule has 0 spiro atoms. The predicted molar refractivity (Wildman–Crippen MR) is 122 cm³/mol. The molecule has 5 aromatic rings. The molecule has 7 nitrogen and oxygen atoms in total. The maximum Gasteiger partial charge on any atom is 0.375 e. The van der Waals surface area contributed by atoms with Crippen molar-refractivity contribution in [3.8, 4) is 5.75 Å². The smallest absolute Gasteiger partial charge is 0.375 e. The largest absolute Gasteiger partial charge is 0.489 e. The van der Waals surface area contributed by atoms with E-state index in [0.717, 1.165) is 10.9 Å². The molecule has 3 heterocycles. The number of hydrogen-bond donors (Lipinski definition) is 0. The minimum absolute atomic E-state index is 0.0697. The van der Waals surface area contributed by atoms with E-state index in [-0.39, 0.29) is 24.5 Å². The topological polar surface area (TPSA) is 83.0 Å². The number of para-hydroxylation sites is 2. The summed E-state index contributed by atoms with van der Waals surface area (Å²) in [6, 6.07) is 21.6. The number of ether oxygens (including phenoxy) is 2. The second kappa shape index (κ2) is 8.63. The Hall–Kier alpha value is -4.39. The van der Waals surface area contributed by atoms with Gasteiger partial charge in [-0.05, 0) is 36.8 Å². The zero-order valence-electron chi connectivity index (χ0n) is 17.9. The van der Waals surface area contributed by atoms with E-state index in [4.69, 9.17) is 13.9 Å². The second-order valence-electron chi connectivity index (χ2n) is 7.60. The molecule has 0 aliphatic rings. The molecule has 0 saturated heterocycles. The number of fused-ring (bicyclic) bond motifs is 2. The van der Waals surface area contributed by atoms with Crippen LogP contribution in [0.15, 0.2) is 88.2 Å². The molecule has 0 saturated carbocycles. The number of hydrogen-bond acceptors (Lipinski definition) is 6. The van der Waals surface area contributed by atoms with Crippen molar-refractivity contribution in [2.75, 3.05) is 0 Å². The third-order valence-electron chi connectivity index (χ3n) is 5.22. The summed E-state index contributed by atoms with van der Waals surface area (Å²) in [6.45, 7) is 1.88. The number of aryl methyl sites for hydroxylation is 1. The van der Waals surface area contributed by atoms with Crippen LogP contribution in [0.3, 0.4) is 0 Å². The highest BCUT2D eigenvalue weighted by Gasteiger charge is 2.22. The van der Waals surface area contributed by atoms with Crippen LogP contribution in [-0.4, -0.2) is 15.4 Å². The molecule has 164 valence electrons. The first-order valence-electron chi connectivity index (χ1n) is 10.4. The highest BCUT2D eigenvalue weighted by molar-refractivity contribution is 5.96. The van der Waals surface area contributed by atoms with E-state index in [2.05, 4.69) is 4.98 Å². The van der Waals surface area contributed by atoms with Gasteiger partial charge in [0.15, 0.2) is 0 Å². The molecule has 0 amide bonds. The van der Waals surface area contributed by atoms with Crippen molar-refractivity contribution in [2.24, 2.45) is 0 Å². The van der Waals surface area contributed by atoms with Crippen LogP contribution in [0.25, 0.3) is 16.6 Å². The first-order valence-corrected chi connectivity index (χ1v) is 10.4. The molecule has 5 rings (SSSR count). The van der Waals surface area contributed by atoms with E-state index in [1.807, 2.05) is 61.5 Å². The average molecular weight is 440 g/mol. The summed E-state index contributed by atoms with van der Waals surface area (Å²) in [5.74, 6) is 0.0993. The molecule has 0 atom stereocenters. The van der Waals surface area contributed by atoms with E-state index >= 15 is 0 Å². The molecule has 3 aromatic heterocycles. The van der Waals surface area contributed by atoms with Crippen molar-refractivity contribution in [1.82, 2.24) is 9.38 Å². The number of carbonyl (C=O) groups is 1. The highest BCUT2D eigenvalue weighted by atomic mass is 16.5. The molecule has 2 aromatic carbocycles. The standard InChI is InChI=1S/C26H20N2O5/c1-17-11-12-23-27-18(13-24(29)28(23)14-17)15-32-26(30)25-21(16-31-19-7-3-2-4-8-19)20-9-5-6-10-22(20)33-25/h2-14H,15-16H2,1H3. The van der Waals surface area contributed by atoms with Gasteiger partial charge in [0.1, 0.15) is 30.2 Å². The van der Waals surface area contributed by atoms with Crippen LogP contribution in [0.5, 0.6) is 5.75 Å². The van der Waals surface area contributed by atoms with Crippen LogP contribution in [0.1, 0.15) is 27.4 Å². The summed E-state index contributed by atoms with van der Waals surface area (Å²) < 4.78 is 18.6. The number of furan rings is 1. The fraction of sp³-hybridized carbons (Fsp3) is 0.115. The van der Waals surface area contributed by atoms with Crippen molar-refractivity contribution in [2.45, 2.75) is 20.1 Å². The fourth-order valence-corrected chi connectivity index (χ4v) is 3.62. The number of nitrogens with zero attached hydrogens (tertiary/aromatic N) is 2. The maximum atomic E-state index is 12.9. The van der Waals surface area contributed by atoms with Crippen LogP contribution >= 0.6 is 0 Å². The van der Waals surface area contributed by atoms with Gasteiger partial charge in [-0.2, -0.15) is 0 Å². The predicted octanol–water partition coefficient (Wildman–Crippen LogP) is 4.69. The van der Waals surface area contributed by atoms with Crippen molar-refractivity contribution >= 4 is 22.6 Å². The van der Waals surface area contributed by atoms with Gasteiger partial charge in [-0.15, -0.1) is 0 Å². The molecule has 0 aliphatic carbocycles.